The minimum atomic E-state index is -0.456. The highest BCUT2D eigenvalue weighted by Crippen LogP contribution is 2.20. The Hall–Kier alpha value is -2.82. The van der Waals surface area contributed by atoms with E-state index in [9.17, 15) is 14.9 Å². The summed E-state index contributed by atoms with van der Waals surface area (Å²) >= 11 is 0. The largest absolute Gasteiger partial charge is 0.294 e. The molecule has 0 saturated heterocycles. The number of nitro groups is 1. The molecule has 1 aromatic carbocycles. The summed E-state index contributed by atoms with van der Waals surface area (Å²) in [7, 11) is 0. The van der Waals surface area contributed by atoms with Crippen LogP contribution in [0.5, 0.6) is 0 Å². The number of rotatable bonds is 4. The molecule has 5 nitrogen and oxygen atoms in total. The Morgan fingerprint density at radius 2 is 1.75 bits per heavy atom. The number of hydrogen-bond donors (Lipinski definition) is 0. The predicted molar refractivity (Wildman–Crippen MR) is 75.9 cm³/mol. The summed E-state index contributed by atoms with van der Waals surface area (Å²) < 4.78 is 0. The van der Waals surface area contributed by atoms with E-state index < -0.39 is 4.92 Å². The van der Waals surface area contributed by atoms with Gasteiger partial charge in [0.25, 0.3) is 5.69 Å². The number of Topliss-reactive ketones (excluding diaryl/α,β-unsaturated/α-hetero) is 1. The van der Waals surface area contributed by atoms with Gasteiger partial charge in [0.2, 0.25) is 0 Å². The van der Waals surface area contributed by atoms with E-state index in [2.05, 4.69) is 4.98 Å². The average Bonchev–Trinajstić information content (AvgIpc) is 2.46. The number of ketones is 1. The van der Waals surface area contributed by atoms with E-state index in [1.165, 1.54) is 19.1 Å². The highest BCUT2D eigenvalue weighted by molar-refractivity contribution is 6.24. The number of pyridine rings is 1. The van der Waals surface area contributed by atoms with Gasteiger partial charge in [0.1, 0.15) is 0 Å². The van der Waals surface area contributed by atoms with Crippen molar-refractivity contribution in [2.45, 2.75) is 6.92 Å². The van der Waals surface area contributed by atoms with Crippen molar-refractivity contribution in [3.05, 3.63) is 70.0 Å². The van der Waals surface area contributed by atoms with Crippen molar-refractivity contribution in [3.63, 3.8) is 0 Å². The van der Waals surface area contributed by atoms with Gasteiger partial charge in [-0.15, -0.1) is 0 Å². The highest BCUT2D eigenvalue weighted by atomic mass is 16.6. The predicted octanol–water partition coefficient (Wildman–Crippen LogP) is 3.12. The van der Waals surface area contributed by atoms with Gasteiger partial charge in [0.05, 0.1) is 4.92 Å². The van der Waals surface area contributed by atoms with Crippen molar-refractivity contribution < 1.29 is 9.72 Å². The molecular weight excluding hydrogens is 256 g/mol. The molecule has 20 heavy (non-hydrogen) atoms. The molecule has 2 rings (SSSR count). The second kappa shape index (κ2) is 5.88. The minimum Gasteiger partial charge on any atom is -0.294 e. The monoisotopic (exact) mass is 268 g/mol. The molecule has 0 aliphatic carbocycles. The molecule has 5 heteroatoms. The van der Waals surface area contributed by atoms with Gasteiger partial charge in [-0.3, -0.25) is 19.9 Å². The van der Waals surface area contributed by atoms with Crippen LogP contribution in [-0.4, -0.2) is 15.7 Å². The molecule has 1 heterocycles. The van der Waals surface area contributed by atoms with Gasteiger partial charge in [0, 0.05) is 30.1 Å². The molecule has 0 fully saturated rings. The van der Waals surface area contributed by atoms with Gasteiger partial charge in [-0.05, 0) is 48.4 Å². The van der Waals surface area contributed by atoms with Crippen molar-refractivity contribution in [1.82, 2.24) is 4.98 Å². The second-order valence-corrected chi connectivity index (χ2v) is 4.20. The molecule has 100 valence electrons. The SMILES string of the molecule is CC(=O)C(=Cc1ccc([N+](=O)[O-])cc1)c1ccncc1. The molecule has 0 bridgehead atoms. The Bertz CT molecular complexity index is 661. The van der Waals surface area contributed by atoms with E-state index in [0.717, 1.165) is 11.1 Å². The number of benzene rings is 1. The lowest BCUT2D eigenvalue weighted by atomic mass is 10.0. The fraction of sp³-hybridized carbons (Fsp3) is 0.0667. The molecular formula is C15H12N2O3. The fourth-order valence-corrected chi connectivity index (χ4v) is 1.78. The Labute approximate surface area is 115 Å². The summed E-state index contributed by atoms with van der Waals surface area (Å²) in [5.74, 6) is -0.0745. The van der Waals surface area contributed by atoms with Crippen LogP contribution in [-0.2, 0) is 4.79 Å². The zero-order valence-corrected chi connectivity index (χ0v) is 10.8. The second-order valence-electron chi connectivity index (χ2n) is 4.20. The maximum Gasteiger partial charge on any atom is 0.269 e. The van der Waals surface area contributed by atoms with Crippen LogP contribution in [0.15, 0.2) is 48.8 Å². The van der Waals surface area contributed by atoms with Gasteiger partial charge in [-0.25, -0.2) is 0 Å². The molecule has 0 radical (unpaired) electrons. The zero-order valence-electron chi connectivity index (χ0n) is 10.8. The minimum absolute atomic E-state index is 0.0236. The average molecular weight is 268 g/mol. The number of non-ortho nitro benzene ring substituents is 1. The highest BCUT2D eigenvalue weighted by Gasteiger charge is 2.08. The van der Waals surface area contributed by atoms with E-state index in [1.54, 1.807) is 42.7 Å². The summed E-state index contributed by atoms with van der Waals surface area (Å²) in [5, 5.41) is 10.6. The molecule has 0 amide bonds. The van der Waals surface area contributed by atoms with Crippen molar-refractivity contribution in [2.24, 2.45) is 0 Å². The molecule has 0 N–H and O–H groups in total. The van der Waals surface area contributed by atoms with Crippen LogP contribution in [0.2, 0.25) is 0 Å². The Balaban J connectivity index is 2.39. The maximum atomic E-state index is 11.7. The van der Waals surface area contributed by atoms with Gasteiger partial charge >= 0.3 is 0 Å². The quantitative estimate of drug-likeness (QED) is 0.485. The van der Waals surface area contributed by atoms with Crippen LogP contribution in [0.1, 0.15) is 18.1 Å². The van der Waals surface area contributed by atoms with Crippen LogP contribution in [0, 0.1) is 10.1 Å². The lowest BCUT2D eigenvalue weighted by Gasteiger charge is -2.03. The molecule has 0 atom stereocenters. The summed E-state index contributed by atoms with van der Waals surface area (Å²) in [4.78, 5) is 25.8. The van der Waals surface area contributed by atoms with Crippen molar-refractivity contribution >= 4 is 23.1 Å². The lowest BCUT2D eigenvalue weighted by Crippen LogP contribution is -1.96. The Morgan fingerprint density at radius 1 is 1.15 bits per heavy atom. The Kier molecular flexibility index (Phi) is 4.00. The number of aromatic nitrogens is 1. The first-order chi connectivity index (χ1) is 9.58. The standard InChI is InChI=1S/C15H12N2O3/c1-11(18)15(13-6-8-16-9-7-13)10-12-2-4-14(5-3-12)17(19)20/h2-10H,1H3. The fourth-order valence-electron chi connectivity index (χ4n) is 1.78. The van der Waals surface area contributed by atoms with Gasteiger partial charge in [0.15, 0.2) is 5.78 Å². The molecule has 0 aliphatic rings. The number of nitrogens with zero attached hydrogens (tertiary/aromatic N) is 2. The third kappa shape index (κ3) is 3.14. The molecule has 2 aromatic rings. The third-order valence-electron chi connectivity index (χ3n) is 2.79. The number of nitro benzene ring substituents is 1. The number of carbonyl (C=O) groups excluding carboxylic acids is 1. The molecule has 0 aliphatic heterocycles. The summed E-state index contributed by atoms with van der Waals surface area (Å²) in [6, 6.07) is 9.55. The van der Waals surface area contributed by atoms with E-state index in [0.29, 0.717) is 5.57 Å². The van der Waals surface area contributed by atoms with E-state index in [-0.39, 0.29) is 11.5 Å². The van der Waals surface area contributed by atoms with Crippen LogP contribution in [0.25, 0.3) is 11.6 Å². The van der Waals surface area contributed by atoms with Crippen molar-refractivity contribution in [1.29, 1.82) is 0 Å². The van der Waals surface area contributed by atoms with Crippen LogP contribution in [0.3, 0.4) is 0 Å². The van der Waals surface area contributed by atoms with Gasteiger partial charge in [-0.2, -0.15) is 0 Å². The van der Waals surface area contributed by atoms with E-state index >= 15 is 0 Å². The molecule has 0 spiro atoms. The summed E-state index contributed by atoms with van der Waals surface area (Å²) in [5.41, 5.74) is 2.07. The molecule has 1 aromatic heterocycles. The van der Waals surface area contributed by atoms with Crippen molar-refractivity contribution in [3.8, 4) is 0 Å². The maximum absolute atomic E-state index is 11.7. The van der Waals surface area contributed by atoms with Gasteiger partial charge < -0.3 is 0 Å². The zero-order chi connectivity index (χ0) is 14.5. The smallest absolute Gasteiger partial charge is 0.269 e. The first-order valence-electron chi connectivity index (χ1n) is 5.95. The van der Waals surface area contributed by atoms with E-state index in [1.807, 2.05) is 0 Å². The number of carbonyl (C=O) groups is 1. The van der Waals surface area contributed by atoms with E-state index in [4.69, 9.17) is 0 Å². The third-order valence-corrected chi connectivity index (χ3v) is 2.79. The number of hydrogen-bond acceptors (Lipinski definition) is 4. The van der Waals surface area contributed by atoms with Crippen LogP contribution in [0.4, 0.5) is 5.69 Å². The topological polar surface area (TPSA) is 73.1 Å². The first kappa shape index (κ1) is 13.6. The normalized spacial score (nSPS) is 11.2. The summed E-state index contributed by atoms with van der Waals surface area (Å²) in [6.45, 7) is 1.48. The van der Waals surface area contributed by atoms with Crippen LogP contribution >= 0.6 is 0 Å². The molecule has 0 unspecified atom stereocenters. The van der Waals surface area contributed by atoms with Crippen LogP contribution < -0.4 is 0 Å². The lowest BCUT2D eigenvalue weighted by molar-refractivity contribution is -0.384. The molecule has 0 saturated carbocycles. The van der Waals surface area contributed by atoms with Gasteiger partial charge in [-0.1, -0.05) is 0 Å². The number of allylic oxidation sites excluding steroid dienone is 1. The summed E-state index contributed by atoms with van der Waals surface area (Å²) in [6.07, 6.45) is 4.94. The first-order valence-corrected chi connectivity index (χ1v) is 5.95. The Morgan fingerprint density at radius 3 is 2.25 bits per heavy atom. The van der Waals surface area contributed by atoms with Crippen molar-refractivity contribution in [2.75, 3.05) is 0 Å².